The van der Waals surface area contributed by atoms with Gasteiger partial charge in [0.2, 0.25) is 10.0 Å². The van der Waals surface area contributed by atoms with Gasteiger partial charge in [0, 0.05) is 30.4 Å². The third-order valence-corrected chi connectivity index (χ3v) is 7.18. The minimum absolute atomic E-state index is 0.0762. The maximum atomic E-state index is 13.5. The molecule has 0 spiro atoms. The van der Waals surface area contributed by atoms with Gasteiger partial charge in [-0.2, -0.15) is 4.31 Å². The first-order chi connectivity index (χ1) is 16.3. The summed E-state index contributed by atoms with van der Waals surface area (Å²) in [5, 5.41) is 2.76. The molecule has 0 radical (unpaired) electrons. The number of amides is 1. The van der Waals surface area contributed by atoms with Crippen molar-refractivity contribution >= 4 is 21.6 Å². The van der Waals surface area contributed by atoms with Crippen LogP contribution in [-0.4, -0.2) is 46.5 Å². The van der Waals surface area contributed by atoms with E-state index in [0.717, 1.165) is 5.56 Å². The number of carbonyl (C=O) groups is 1. The third kappa shape index (κ3) is 5.49. The van der Waals surface area contributed by atoms with Crippen molar-refractivity contribution < 1.29 is 27.4 Å². The van der Waals surface area contributed by atoms with Crippen LogP contribution in [0.1, 0.15) is 22.8 Å². The predicted octanol–water partition coefficient (Wildman–Crippen LogP) is 4.18. The van der Waals surface area contributed by atoms with Gasteiger partial charge in [-0.1, -0.05) is 37.3 Å². The third-order valence-electron chi connectivity index (χ3n) is 5.24. The van der Waals surface area contributed by atoms with Crippen LogP contribution in [-0.2, 0) is 16.6 Å². The molecule has 3 aromatic carbocycles. The summed E-state index contributed by atoms with van der Waals surface area (Å²) in [4.78, 5) is 12.9. The van der Waals surface area contributed by atoms with Gasteiger partial charge in [0.1, 0.15) is 10.6 Å². The number of nitrogens with zero attached hydrogens (tertiary/aromatic N) is 1. The SMILES string of the molecule is CCN(Cc1ccccc1)S(=O)(=O)c1cc(C(=O)Nc2ccc(OC)c(OC)c2)ccc1OC. The summed E-state index contributed by atoms with van der Waals surface area (Å²) < 4.78 is 44.2. The van der Waals surface area contributed by atoms with Crippen molar-refractivity contribution in [1.82, 2.24) is 4.31 Å². The average Bonchev–Trinajstić information content (AvgIpc) is 2.87. The molecule has 0 heterocycles. The highest BCUT2D eigenvalue weighted by Crippen LogP contribution is 2.31. The Morgan fingerprint density at radius 3 is 2.12 bits per heavy atom. The number of methoxy groups -OCH3 is 3. The molecule has 180 valence electrons. The van der Waals surface area contributed by atoms with E-state index in [2.05, 4.69) is 5.32 Å². The number of ether oxygens (including phenoxy) is 3. The van der Waals surface area contributed by atoms with Crippen LogP contribution in [0.25, 0.3) is 0 Å². The van der Waals surface area contributed by atoms with Crippen molar-refractivity contribution in [3.8, 4) is 17.2 Å². The second-order valence-electron chi connectivity index (χ2n) is 7.31. The molecule has 0 bridgehead atoms. The minimum atomic E-state index is -3.95. The summed E-state index contributed by atoms with van der Waals surface area (Å²) in [6, 6.07) is 18.6. The molecule has 0 fully saturated rings. The van der Waals surface area contributed by atoms with Crippen molar-refractivity contribution in [1.29, 1.82) is 0 Å². The van der Waals surface area contributed by atoms with Crippen LogP contribution in [0.2, 0.25) is 0 Å². The lowest BCUT2D eigenvalue weighted by Gasteiger charge is -2.22. The number of carbonyl (C=O) groups excluding carboxylic acids is 1. The van der Waals surface area contributed by atoms with Crippen LogP contribution in [0.15, 0.2) is 71.6 Å². The number of benzene rings is 3. The monoisotopic (exact) mass is 484 g/mol. The number of hydrogen-bond acceptors (Lipinski definition) is 6. The summed E-state index contributed by atoms with van der Waals surface area (Å²) in [6.45, 7) is 2.22. The van der Waals surface area contributed by atoms with Gasteiger partial charge in [0.25, 0.3) is 5.91 Å². The molecular formula is C25H28N2O6S. The van der Waals surface area contributed by atoms with Gasteiger partial charge in [-0.3, -0.25) is 4.79 Å². The van der Waals surface area contributed by atoms with Gasteiger partial charge < -0.3 is 19.5 Å². The average molecular weight is 485 g/mol. The fraction of sp³-hybridized carbons (Fsp3) is 0.240. The second-order valence-corrected chi connectivity index (χ2v) is 9.21. The van der Waals surface area contributed by atoms with Crippen LogP contribution >= 0.6 is 0 Å². The van der Waals surface area contributed by atoms with Crippen LogP contribution < -0.4 is 19.5 Å². The quantitative estimate of drug-likeness (QED) is 0.464. The molecule has 3 aromatic rings. The lowest BCUT2D eigenvalue weighted by molar-refractivity contribution is 0.102. The highest BCUT2D eigenvalue weighted by atomic mass is 32.2. The van der Waals surface area contributed by atoms with Gasteiger partial charge in [-0.25, -0.2) is 8.42 Å². The molecule has 0 saturated heterocycles. The number of nitrogens with one attached hydrogen (secondary N) is 1. The van der Waals surface area contributed by atoms with Crippen LogP contribution in [0.3, 0.4) is 0 Å². The first-order valence-corrected chi connectivity index (χ1v) is 12.0. The summed E-state index contributed by atoms with van der Waals surface area (Å²) in [7, 11) is 0.465. The van der Waals surface area contributed by atoms with E-state index in [4.69, 9.17) is 14.2 Å². The number of anilines is 1. The Morgan fingerprint density at radius 1 is 0.853 bits per heavy atom. The number of hydrogen-bond donors (Lipinski definition) is 1. The van der Waals surface area contributed by atoms with Gasteiger partial charge in [0.15, 0.2) is 11.5 Å². The highest BCUT2D eigenvalue weighted by molar-refractivity contribution is 7.89. The predicted molar refractivity (Wildman–Crippen MR) is 130 cm³/mol. The first kappa shape index (κ1) is 25.1. The smallest absolute Gasteiger partial charge is 0.255 e. The zero-order valence-electron chi connectivity index (χ0n) is 19.6. The topological polar surface area (TPSA) is 94.2 Å². The lowest BCUT2D eigenvalue weighted by atomic mass is 10.2. The Bertz CT molecular complexity index is 1250. The van der Waals surface area contributed by atoms with Gasteiger partial charge in [-0.05, 0) is 35.9 Å². The largest absolute Gasteiger partial charge is 0.495 e. The Kier molecular flexibility index (Phi) is 8.14. The van der Waals surface area contributed by atoms with Crippen molar-refractivity contribution in [2.24, 2.45) is 0 Å². The van der Waals surface area contributed by atoms with E-state index < -0.39 is 15.9 Å². The molecule has 0 aliphatic carbocycles. The van der Waals surface area contributed by atoms with E-state index in [1.807, 2.05) is 30.3 Å². The van der Waals surface area contributed by atoms with E-state index >= 15 is 0 Å². The molecule has 8 nitrogen and oxygen atoms in total. The molecule has 1 N–H and O–H groups in total. The van der Waals surface area contributed by atoms with Crippen LogP contribution in [0, 0.1) is 0 Å². The van der Waals surface area contributed by atoms with Crippen molar-refractivity contribution in [3.05, 3.63) is 77.9 Å². The van der Waals surface area contributed by atoms with Gasteiger partial charge >= 0.3 is 0 Å². The molecular weight excluding hydrogens is 456 g/mol. The standard InChI is InChI=1S/C25H28N2O6S/c1-5-27(17-18-9-7-6-8-10-18)34(29,30)24-15-19(11-13-22(24)32-3)25(28)26-20-12-14-21(31-2)23(16-20)33-4/h6-16H,5,17H2,1-4H3,(H,26,28). The first-order valence-electron chi connectivity index (χ1n) is 10.6. The van der Waals surface area contributed by atoms with Crippen molar-refractivity contribution in [3.63, 3.8) is 0 Å². The molecule has 0 unspecified atom stereocenters. The number of sulfonamides is 1. The molecule has 0 aliphatic heterocycles. The van der Waals surface area contributed by atoms with Crippen molar-refractivity contribution in [2.75, 3.05) is 33.2 Å². The molecule has 1 amide bonds. The van der Waals surface area contributed by atoms with Crippen LogP contribution in [0.4, 0.5) is 5.69 Å². The zero-order valence-corrected chi connectivity index (χ0v) is 20.4. The molecule has 0 atom stereocenters. The molecule has 34 heavy (non-hydrogen) atoms. The fourth-order valence-corrected chi connectivity index (χ4v) is 5.05. The van der Waals surface area contributed by atoms with Crippen LogP contribution in [0.5, 0.6) is 17.2 Å². The molecule has 0 saturated carbocycles. The van der Waals surface area contributed by atoms with E-state index in [-0.39, 0.29) is 29.3 Å². The Hall–Kier alpha value is -3.56. The van der Waals surface area contributed by atoms with Gasteiger partial charge in [0.05, 0.1) is 21.3 Å². The van der Waals surface area contributed by atoms with Crippen molar-refractivity contribution in [2.45, 2.75) is 18.4 Å². The molecule has 0 aromatic heterocycles. The zero-order chi connectivity index (χ0) is 24.7. The summed E-state index contributed by atoms with van der Waals surface area (Å²) in [5.74, 6) is 0.667. The fourth-order valence-electron chi connectivity index (χ4n) is 3.43. The second kappa shape index (κ2) is 11.0. The summed E-state index contributed by atoms with van der Waals surface area (Å²) in [6.07, 6.45) is 0. The molecule has 3 rings (SSSR count). The lowest BCUT2D eigenvalue weighted by Crippen LogP contribution is -2.31. The van der Waals surface area contributed by atoms with E-state index in [9.17, 15) is 13.2 Å². The van der Waals surface area contributed by atoms with E-state index in [1.54, 1.807) is 25.1 Å². The maximum absolute atomic E-state index is 13.5. The molecule has 0 aliphatic rings. The summed E-state index contributed by atoms with van der Waals surface area (Å²) in [5.41, 5.74) is 1.50. The maximum Gasteiger partial charge on any atom is 0.255 e. The summed E-state index contributed by atoms with van der Waals surface area (Å²) >= 11 is 0. The Balaban J connectivity index is 1.92. The molecule has 9 heteroatoms. The Morgan fingerprint density at radius 2 is 1.50 bits per heavy atom. The van der Waals surface area contributed by atoms with E-state index in [1.165, 1.54) is 43.8 Å². The van der Waals surface area contributed by atoms with Gasteiger partial charge in [-0.15, -0.1) is 0 Å². The normalized spacial score (nSPS) is 11.2. The number of rotatable bonds is 10. The Labute approximate surface area is 200 Å². The minimum Gasteiger partial charge on any atom is -0.495 e. The highest BCUT2D eigenvalue weighted by Gasteiger charge is 2.28. The van der Waals surface area contributed by atoms with E-state index in [0.29, 0.717) is 17.2 Å².